The number of thioether (sulfide) groups is 1. The van der Waals surface area contributed by atoms with Crippen molar-refractivity contribution in [3.8, 4) is 0 Å². The van der Waals surface area contributed by atoms with Gasteiger partial charge in [0, 0.05) is 10.9 Å². The zero-order valence-corrected chi connectivity index (χ0v) is 16.5. The van der Waals surface area contributed by atoms with E-state index in [1.165, 1.54) is 36.6 Å². The monoisotopic (exact) mass is 382 g/mol. The first-order chi connectivity index (χ1) is 13.1. The Morgan fingerprint density at radius 2 is 1.70 bits per heavy atom. The number of carbonyl (C=O) groups is 2. The van der Waals surface area contributed by atoms with Crippen molar-refractivity contribution in [1.29, 1.82) is 0 Å². The Kier molecular flexibility index (Phi) is 6.93. The number of carbonyl (C=O) groups excluding carboxylic acids is 2. The van der Waals surface area contributed by atoms with Crippen LogP contribution in [0.25, 0.3) is 0 Å². The second-order valence-corrected chi connectivity index (χ2v) is 8.05. The SMILES string of the molecule is Cc1ccc(SCC(=O)Nc2ccccc2C(=O)NC2CCCCC2)cc1. The summed E-state index contributed by atoms with van der Waals surface area (Å²) in [5.74, 6) is 0.0873. The van der Waals surface area contributed by atoms with Crippen LogP contribution >= 0.6 is 11.8 Å². The number of amides is 2. The molecule has 0 bridgehead atoms. The van der Waals surface area contributed by atoms with Gasteiger partial charge >= 0.3 is 0 Å². The molecule has 0 radical (unpaired) electrons. The zero-order valence-electron chi connectivity index (χ0n) is 15.7. The molecule has 142 valence electrons. The predicted molar refractivity (Wildman–Crippen MR) is 111 cm³/mol. The Morgan fingerprint density at radius 1 is 1.00 bits per heavy atom. The number of anilines is 1. The van der Waals surface area contributed by atoms with Gasteiger partial charge in [-0.15, -0.1) is 11.8 Å². The Balaban J connectivity index is 1.58. The van der Waals surface area contributed by atoms with Gasteiger partial charge in [-0.05, 0) is 44.0 Å². The zero-order chi connectivity index (χ0) is 19.1. The molecule has 0 unspecified atom stereocenters. The van der Waals surface area contributed by atoms with E-state index in [9.17, 15) is 9.59 Å². The molecule has 0 heterocycles. The van der Waals surface area contributed by atoms with Crippen LogP contribution in [0.4, 0.5) is 5.69 Å². The van der Waals surface area contributed by atoms with E-state index in [4.69, 9.17) is 0 Å². The van der Waals surface area contributed by atoms with Gasteiger partial charge in [-0.2, -0.15) is 0 Å². The molecule has 1 fully saturated rings. The van der Waals surface area contributed by atoms with E-state index < -0.39 is 0 Å². The third-order valence-corrected chi connectivity index (χ3v) is 5.79. The van der Waals surface area contributed by atoms with Crippen LogP contribution in [0, 0.1) is 6.92 Å². The number of hydrogen-bond donors (Lipinski definition) is 2. The molecule has 1 aliphatic rings. The number of hydrogen-bond acceptors (Lipinski definition) is 3. The van der Waals surface area contributed by atoms with Crippen molar-refractivity contribution < 1.29 is 9.59 Å². The van der Waals surface area contributed by atoms with Gasteiger partial charge < -0.3 is 10.6 Å². The summed E-state index contributed by atoms with van der Waals surface area (Å²) in [7, 11) is 0. The van der Waals surface area contributed by atoms with E-state index in [0.29, 0.717) is 17.0 Å². The molecule has 0 aliphatic heterocycles. The molecule has 3 rings (SSSR count). The van der Waals surface area contributed by atoms with Crippen LogP contribution in [-0.4, -0.2) is 23.6 Å². The third kappa shape index (κ3) is 5.86. The molecule has 1 saturated carbocycles. The van der Waals surface area contributed by atoms with Gasteiger partial charge in [-0.25, -0.2) is 0 Å². The predicted octanol–water partition coefficient (Wildman–Crippen LogP) is 4.79. The summed E-state index contributed by atoms with van der Waals surface area (Å²) in [4.78, 5) is 26.1. The summed E-state index contributed by atoms with van der Waals surface area (Å²) >= 11 is 1.49. The molecule has 0 aromatic heterocycles. The molecule has 5 heteroatoms. The summed E-state index contributed by atoms with van der Waals surface area (Å²) in [6.07, 6.45) is 5.65. The van der Waals surface area contributed by atoms with Gasteiger partial charge in [0.2, 0.25) is 5.91 Å². The van der Waals surface area contributed by atoms with Gasteiger partial charge in [-0.3, -0.25) is 9.59 Å². The van der Waals surface area contributed by atoms with Crippen LogP contribution in [0.5, 0.6) is 0 Å². The fourth-order valence-electron chi connectivity index (χ4n) is 3.27. The average Bonchev–Trinajstić information content (AvgIpc) is 2.69. The minimum Gasteiger partial charge on any atom is -0.349 e. The molecule has 2 aromatic rings. The molecule has 1 aliphatic carbocycles. The lowest BCUT2D eigenvalue weighted by atomic mass is 9.95. The average molecular weight is 383 g/mol. The molecule has 0 spiro atoms. The molecule has 0 saturated heterocycles. The number of benzene rings is 2. The smallest absolute Gasteiger partial charge is 0.253 e. The van der Waals surface area contributed by atoms with E-state index in [0.717, 1.165) is 17.7 Å². The number of rotatable bonds is 6. The van der Waals surface area contributed by atoms with E-state index in [1.54, 1.807) is 12.1 Å². The van der Waals surface area contributed by atoms with E-state index >= 15 is 0 Å². The lowest BCUT2D eigenvalue weighted by Crippen LogP contribution is -2.36. The van der Waals surface area contributed by atoms with Crippen molar-refractivity contribution in [2.24, 2.45) is 0 Å². The summed E-state index contributed by atoms with van der Waals surface area (Å²) < 4.78 is 0. The second-order valence-electron chi connectivity index (χ2n) is 7.00. The molecule has 2 aromatic carbocycles. The van der Waals surface area contributed by atoms with Gasteiger partial charge in [0.1, 0.15) is 0 Å². The van der Waals surface area contributed by atoms with Gasteiger partial charge in [0.05, 0.1) is 17.0 Å². The first-order valence-electron chi connectivity index (χ1n) is 9.51. The Morgan fingerprint density at radius 3 is 2.44 bits per heavy atom. The third-order valence-electron chi connectivity index (χ3n) is 4.78. The minimum absolute atomic E-state index is 0.107. The van der Waals surface area contributed by atoms with Crippen LogP contribution in [0.1, 0.15) is 48.0 Å². The van der Waals surface area contributed by atoms with Crippen molar-refractivity contribution in [1.82, 2.24) is 5.32 Å². The van der Waals surface area contributed by atoms with E-state index in [2.05, 4.69) is 10.6 Å². The Bertz CT molecular complexity index is 783. The number of para-hydroxylation sites is 1. The van der Waals surface area contributed by atoms with Crippen LogP contribution in [0.2, 0.25) is 0 Å². The maximum absolute atomic E-state index is 12.7. The highest BCUT2D eigenvalue weighted by atomic mass is 32.2. The molecule has 27 heavy (non-hydrogen) atoms. The van der Waals surface area contributed by atoms with Crippen LogP contribution < -0.4 is 10.6 Å². The molecule has 2 amide bonds. The molecule has 2 N–H and O–H groups in total. The lowest BCUT2D eigenvalue weighted by Gasteiger charge is -2.23. The van der Waals surface area contributed by atoms with Crippen LogP contribution in [0.3, 0.4) is 0 Å². The van der Waals surface area contributed by atoms with Crippen LogP contribution in [-0.2, 0) is 4.79 Å². The standard InChI is InChI=1S/C22H26N2O2S/c1-16-11-13-18(14-12-16)27-15-21(25)24-20-10-6-5-9-19(20)22(26)23-17-7-3-2-4-8-17/h5-6,9-14,17H,2-4,7-8,15H2,1H3,(H,23,26)(H,24,25). The highest BCUT2D eigenvalue weighted by Crippen LogP contribution is 2.21. The topological polar surface area (TPSA) is 58.2 Å². The summed E-state index contributed by atoms with van der Waals surface area (Å²) in [5, 5.41) is 6.01. The summed E-state index contributed by atoms with van der Waals surface area (Å²) in [6, 6.07) is 15.5. The first-order valence-corrected chi connectivity index (χ1v) is 10.5. The van der Waals surface area contributed by atoms with Crippen molar-refractivity contribution >= 4 is 29.3 Å². The number of nitrogens with one attached hydrogen (secondary N) is 2. The minimum atomic E-state index is -0.113. The fraction of sp³-hybridized carbons (Fsp3) is 0.364. The van der Waals surface area contributed by atoms with Crippen molar-refractivity contribution in [3.63, 3.8) is 0 Å². The van der Waals surface area contributed by atoms with E-state index in [1.807, 2.05) is 43.3 Å². The first kappa shape index (κ1) is 19.5. The van der Waals surface area contributed by atoms with Gasteiger partial charge in [0.25, 0.3) is 5.91 Å². The van der Waals surface area contributed by atoms with E-state index in [-0.39, 0.29) is 17.9 Å². The molecular formula is C22H26N2O2S. The largest absolute Gasteiger partial charge is 0.349 e. The normalized spacial score (nSPS) is 14.6. The number of aryl methyl sites for hydroxylation is 1. The Hall–Kier alpha value is -2.27. The van der Waals surface area contributed by atoms with Crippen LogP contribution in [0.15, 0.2) is 53.4 Å². The lowest BCUT2D eigenvalue weighted by molar-refractivity contribution is -0.113. The van der Waals surface area contributed by atoms with Gasteiger partial charge in [0.15, 0.2) is 0 Å². The van der Waals surface area contributed by atoms with Gasteiger partial charge in [-0.1, -0.05) is 49.1 Å². The summed E-state index contributed by atoms with van der Waals surface area (Å²) in [5.41, 5.74) is 2.29. The van der Waals surface area contributed by atoms with Crippen molar-refractivity contribution in [2.75, 3.05) is 11.1 Å². The highest BCUT2D eigenvalue weighted by molar-refractivity contribution is 8.00. The quantitative estimate of drug-likeness (QED) is 0.706. The van der Waals surface area contributed by atoms with Crippen molar-refractivity contribution in [3.05, 3.63) is 59.7 Å². The molecule has 0 atom stereocenters. The Labute approximate surface area is 165 Å². The molecule has 4 nitrogen and oxygen atoms in total. The maximum atomic E-state index is 12.7. The molecular weight excluding hydrogens is 356 g/mol. The highest BCUT2D eigenvalue weighted by Gasteiger charge is 2.19. The second kappa shape index (κ2) is 9.60. The van der Waals surface area contributed by atoms with Crippen molar-refractivity contribution in [2.45, 2.75) is 50.0 Å². The summed E-state index contributed by atoms with van der Waals surface area (Å²) in [6.45, 7) is 2.04. The maximum Gasteiger partial charge on any atom is 0.253 e. The fourth-order valence-corrected chi connectivity index (χ4v) is 3.97.